The maximum Gasteiger partial charge on any atom is 0.261 e. The van der Waals surface area contributed by atoms with Crippen LogP contribution in [0.4, 0.5) is 0 Å². The molecule has 0 aliphatic carbocycles. The molecule has 2 N–H and O–H groups in total. The van der Waals surface area contributed by atoms with Gasteiger partial charge in [0.05, 0.1) is 26.2 Å². The van der Waals surface area contributed by atoms with Gasteiger partial charge in [-0.25, -0.2) is 13.1 Å². The number of aliphatic hydroxyl groups is 1. The molecule has 0 aliphatic rings. The van der Waals surface area contributed by atoms with Crippen molar-refractivity contribution in [1.82, 2.24) is 9.29 Å². The van der Waals surface area contributed by atoms with E-state index in [2.05, 4.69) is 4.72 Å². The van der Waals surface area contributed by atoms with Crippen LogP contribution in [-0.2, 0) is 24.4 Å². The highest BCUT2D eigenvalue weighted by atomic mass is 32.2. The Labute approximate surface area is 268 Å². The van der Waals surface area contributed by atoms with E-state index in [1.165, 1.54) is 18.8 Å². The molecule has 0 saturated heterocycles. The van der Waals surface area contributed by atoms with Crippen LogP contribution in [0.1, 0.15) is 16.7 Å². The van der Waals surface area contributed by atoms with Crippen molar-refractivity contribution in [3.63, 3.8) is 0 Å². The first-order valence-electron chi connectivity index (χ1n) is 14.5. The van der Waals surface area contributed by atoms with Crippen LogP contribution in [0.2, 0.25) is 0 Å². The van der Waals surface area contributed by atoms with Gasteiger partial charge in [0.15, 0.2) is 11.5 Å². The Morgan fingerprint density at radius 3 is 2.24 bits per heavy atom. The molecule has 0 bridgehead atoms. The summed E-state index contributed by atoms with van der Waals surface area (Å²) in [5.74, 6) is 2.90. The number of nitrogens with zero attached hydrogens (tertiary/aromatic N) is 1. The Kier molecular flexibility index (Phi) is 10.0. The van der Waals surface area contributed by atoms with E-state index in [0.29, 0.717) is 63.0 Å². The van der Waals surface area contributed by atoms with Gasteiger partial charge in [0.2, 0.25) is 16.6 Å². The molecule has 2 heterocycles. The number of para-hydroxylation sites is 1. The van der Waals surface area contributed by atoms with Gasteiger partial charge >= 0.3 is 0 Å². The molecule has 0 atom stereocenters. The molecule has 0 unspecified atom stereocenters. The summed E-state index contributed by atoms with van der Waals surface area (Å²) in [6.45, 7) is 4.12. The molecule has 0 saturated carbocycles. The number of thiol groups is 1. The second-order valence-electron chi connectivity index (χ2n) is 10.7. The molecule has 12 heteroatoms. The summed E-state index contributed by atoms with van der Waals surface area (Å²) in [4.78, 5) is 13.4. The Morgan fingerprint density at radius 2 is 1.61 bits per heavy atom. The van der Waals surface area contributed by atoms with Gasteiger partial charge in [-0.3, -0.25) is 4.79 Å². The smallest absolute Gasteiger partial charge is 0.261 e. The van der Waals surface area contributed by atoms with Crippen LogP contribution >= 0.6 is 0 Å². The summed E-state index contributed by atoms with van der Waals surface area (Å²) in [5, 5.41) is 9.58. The van der Waals surface area contributed by atoms with E-state index in [9.17, 15) is 18.3 Å². The minimum atomic E-state index is -2.73. The van der Waals surface area contributed by atoms with E-state index in [0.717, 1.165) is 22.3 Å². The number of aryl methyl sites for hydroxylation is 3. The monoisotopic (exact) mass is 648 g/mol. The lowest BCUT2D eigenvalue weighted by atomic mass is 10.00. The third-order valence-electron chi connectivity index (χ3n) is 7.52. The van der Waals surface area contributed by atoms with E-state index in [1.807, 2.05) is 38.1 Å². The van der Waals surface area contributed by atoms with Crippen molar-refractivity contribution in [1.29, 1.82) is 0 Å². The molecule has 242 valence electrons. The van der Waals surface area contributed by atoms with Gasteiger partial charge < -0.3 is 33.0 Å². The third kappa shape index (κ3) is 6.74. The number of hydrogen-bond donors (Lipinski definition) is 3. The molecule has 2 aromatic heterocycles. The second kappa shape index (κ2) is 14.1. The Balaban J connectivity index is 1.69. The number of methoxy groups -OCH3 is 2. The summed E-state index contributed by atoms with van der Waals surface area (Å²) in [5.41, 5.74) is 4.64. The Morgan fingerprint density at radius 1 is 0.913 bits per heavy atom. The largest absolute Gasteiger partial charge is 0.493 e. The molecule has 11 nitrogen and oxygen atoms in total. The molecular formula is C34H36N2O9S. The normalized spacial score (nSPS) is 11.3. The fraction of sp³-hybridized carbons (Fsp3) is 0.265. The summed E-state index contributed by atoms with van der Waals surface area (Å²) in [6.07, 6.45) is 2.11. The summed E-state index contributed by atoms with van der Waals surface area (Å²) in [7, 11) is 2.01. The molecule has 0 spiro atoms. The van der Waals surface area contributed by atoms with Gasteiger partial charge in [0, 0.05) is 36.5 Å². The lowest BCUT2D eigenvalue weighted by Gasteiger charge is -2.17. The molecule has 5 aromatic rings. The fourth-order valence-corrected chi connectivity index (χ4v) is 5.70. The SMILES string of the molecule is COc1cccc(OC)c1Oc1ccc(CCN[SH](=O)=O)cc1-c1cn(C)c(=O)c2cc(-c3cc(C)c(OCCO)c(C)c3)oc12. The van der Waals surface area contributed by atoms with E-state index >= 15 is 0 Å². The second-order valence-corrected chi connectivity index (χ2v) is 11.5. The number of pyridine rings is 1. The molecule has 46 heavy (non-hydrogen) atoms. The van der Waals surface area contributed by atoms with E-state index < -0.39 is 10.9 Å². The number of fused-ring (bicyclic) bond motifs is 1. The number of rotatable bonds is 13. The first-order valence-corrected chi connectivity index (χ1v) is 15.7. The van der Waals surface area contributed by atoms with E-state index in [-0.39, 0.29) is 25.3 Å². The first-order chi connectivity index (χ1) is 22.1. The van der Waals surface area contributed by atoms with Crippen LogP contribution in [0.15, 0.2) is 70.0 Å². The average Bonchev–Trinajstić information content (AvgIpc) is 3.49. The maximum absolute atomic E-state index is 13.4. The quantitative estimate of drug-likeness (QED) is 0.152. The standard InChI is InChI=1S/C34H36N2O9S/c1-20-15-23(16-21(2)31(20)43-14-13-37)30-18-25-32(45-30)26(19-36(3)34(25)38)24-17-22(11-12-35-46(39)40)9-10-27(24)44-33-28(41-4)7-6-8-29(33)42-5/h6-10,15-19,37,46H,11-14H2,1-5H3,(H,35,39,40). The highest BCUT2D eigenvalue weighted by Crippen LogP contribution is 2.45. The zero-order valence-corrected chi connectivity index (χ0v) is 27.1. The zero-order valence-electron chi connectivity index (χ0n) is 26.2. The maximum atomic E-state index is 13.4. The van der Waals surface area contributed by atoms with Gasteiger partial charge in [-0.05, 0) is 79.4 Å². The van der Waals surface area contributed by atoms with Gasteiger partial charge in [0.1, 0.15) is 29.4 Å². The summed E-state index contributed by atoms with van der Waals surface area (Å²) >= 11 is 0. The van der Waals surface area contributed by atoms with Crippen molar-refractivity contribution in [2.45, 2.75) is 20.3 Å². The topological polar surface area (TPSA) is 138 Å². The van der Waals surface area contributed by atoms with Gasteiger partial charge in [-0.15, -0.1) is 0 Å². The molecule has 0 amide bonds. The molecule has 5 rings (SSSR count). The molecular weight excluding hydrogens is 612 g/mol. The van der Waals surface area contributed by atoms with Crippen LogP contribution in [0.5, 0.6) is 28.7 Å². The van der Waals surface area contributed by atoms with Gasteiger partial charge in [0.25, 0.3) is 5.56 Å². The van der Waals surface area contributed by atoms with Gasteiger partial charge in [-0.2, -0.15) is 0 Å². The zero-order chi connectivity index (χ0) is 33.0. The highest BCUT2D eigenvalue weighted by molar-refractivity contribution is 7.70. The van der Waals surface area contributed by atoms with Crippen molar-refractivity contribution >= 4 is 21.9 Å². The number of aliphatic hydroxyl groups excluding tert-OH is 1. The number of furan rings is 1. The number of aromatic nitrogens is 1. The number of ether oxygens (including phenoxy) is 4. The predicted molar refractivity (Wildman–Crippen MR) is 176 cm³/mol. The van der Waals surface area contributed by atoms with Crippen LogP contribution in [0, 0.1) is 13.8 Å². The number of hydrogen-bond acceptors (Lipinski definition) is 9. The molecule has 3 aromatic carbocycles. The Bertz CT molecular complexity index is 1970. The molecule has 0 fully saturated rings. The lowest BCUT2D eigenvalue weighted by Crippen LogP contribution is -2.16. The molecule has 0 aliphatic heterocycles. The Hall–Kier alpha value is -4.78. The van der Waals surface area contributed by atoms with Crippen LogP contribution in [0.3, 0.4) is 0 Å². The van der Waals surface area contributed by atoms with Crippen molar-refractivity contribution < 1.29 is 36.9 Å². The van der Waals surface area contributed by atoms with Crippen molar-refractivity contribution in [3.05, 3.63) is 87.8 Å². The summed E-state index contributed by atoms with van der Waals surface area (Å²) in [6, 6.07) is 16.4. The minimum Gasteiger partial charge on any atom is -0.493 e. The van der Waals surface area contributed by atoms with E-state index in [4.69, 9.17) is 23.4 Å². The van der Waals surface area contributed by atoms with Crippen LogP contribution in [0.25, 0.3) is 33.4 Å². The van der Waals surface area contributed by atoms with Crippen molar-refractivity contribution in [2.75, 3.05) is 34.0 Å². The van der Waals surface area contributed by atoms with Crippen molar-refractivity contribution in [3.8, 4) is 51.2 Å². The van der Waals surface area contributed by atoms with Gasteiger partial charge in [-0.1, -0.05) is 12.1 Å². The summed E-state index contributed by atoms with van der Waals surface area (Å²) < 4.78 is 55.9. The number of nitrogens with one attached hydrogen (secondary N) is 1. The van der Waals surface area contributed by atoms with Crippen molar-refractivity contribution in [2.24, 2.45) is 7.05 Å². The van der Waals surface area contributed by atoms with Crippen LogP contribution in [-0.4, -0.2) is 52.1 Å². The molecule has 0 radical (unpaired) electrons. The predicted octanol–water partition coefficient (Wildman–Crippen LogP) is 4.92. The average molecular weight is 649 g/mol. The lowest BCUT2D eigenvalue weighted by molar-refractivity contribution is 0.200. The number of benzene rings is 3. The van der Waals surface area contributed by atoms with Crippen LogP contribution < -0.4 is 29.2 Å². The highest BCUT2D eigenvalue weighted by Gasteiger charge is 2.22. The minimum absolute atomic E-state index is 0.0951. The first kappa shape index (κ1) is 32.6. The fourth-order valence-electron chi connectivity index (χ4n) is 5.40. The van der Waals surface area contributed by atoms with E-state index in [1.54, 1.807) is 43.6 Å². The third-order valence-corrected chi connectivity index (χ3v) is 8.00.